The molecule has 0 aliphatic rings. The lowest BCUT2D eigenvalue weighted by atomic mass is 10.1. The molecule has 0 unspecified atom stereocenters. The Kier molecular flexibility index (Phi) is 6.17. The van der Waals surface area contributed by atoms with Crippen molar-refractivity contribution in [1.82, 2.24) is 5.32 Å². The van der Waals surface area contributed by atoms with Crippen LogP contribution in [0.3, 0.4) is 0 Å². The molecule has 2 N–H and O–H groups in total. The van der Waals surface area contributed by atoms with Gasteiger partial charge in [0.1, 0.15) is 17.3 Å². The molecule has 23 heavy (non-hydrogen) atoms. The van der Waals surface area contributed by atoms with Crippen LogP contribution in [0.1, 0.15) is 5.56 Å². The van der Waals surface area contributed by atoms with Crippen molar-refractivity contribution in [1.29, 1.82) is 0 Å². The third-order valence-corrected chi connectivity index (χ3v) is 3.51. The molecule has 0 fully saturated rings. The van der Waals surface area contributed by atoms with Crippen molar-refractivity contribution in [2.45, 2.75) is 6.42 Å². The van der Waals surface area contributed by atoms with Crippen LogP contribution in [-0.4, -0.2) is 25.9 Å². The highest BCUT2D eigenvalue weighted by molar-refractivity contribution is 7.80. The van der Waals surface area contributed by atoms with E-state index in [0.717, 1.165) is 17.7 Å². The van der Waals surface area contributed by atoms with Gasteiger partial charge in [-0.2, -0.15) is 0 Å². The molecular weight excluding hydrogens is 315 g/mol. The highest BCUT2D eigenvalue weighted by Gasteiger charge is 2.06. The fourth-order valence-corrected chi connectivity index (χ4v) is 2.26. The van der Waals surface area contributed by atoms with Crippen LogP contribution in [-0.2, 0) is 6.42 Å². The first kappa shape index (κ1) is 17.0. The van der Waals surface area contributed by atoms with Gasteiger partial charge in [-0.1, -0.05) is 12.1 Å². The second-order valence-corrected chi connectivity index (χ2v) is 5.23. The minimum Gasteiger partial charge on any atom is -0.497 e. The monoisotopic (exact) mass is 334 g/mol. The van der Waals surface area contributed by atoms with Crippen molar-refractivity contribution in [3.63, 3.8) is 0 Å². The normalized spacial score (nSPS) is 10.0. The highest BCUT2D eigenvalue weighted by Crippen LogP contribution is 2.28. The molecule has 0 aliphatic carbocycles. The topological polar surface area (TPSA) is 42.5 Å². The number of anilines is 1. The number of nitrogens with one attached hydrogen (secondary N) is 2. The fourth-order valence-electron chi connectivity index (χ4n) is 2.05. The Labute approximate surface area is 140 Å². The summed E-state index contributed by atoms with van der Waals surface area (Å²) >= 11 is 5.28. The molecule has 2 aromatic rings. The third kappa shape index (κ3) is 5.10. The Balaban J connectivity index is 1.88. The van der Waals surface area contributed by atoms with Crippen LogP contribution in [0.2, 0.25) is 0 Å². The molecule has 122 valence electrons. The molecule has 2 aromatic carbocycles. The second kappa shape index (κ2) is 8.33. The lowest BCUT2D eigenvalue weighted by Crippen LogP contribution is -2.30. The van der Waals surface area contributed by atoms with Gasteiger partial charge in [-0.3, -0.25) is 0 Å². The van der Waals surface area contributed by atoms with Gasteiger partial charge >= 0.3 is 0 Å². The Bertz CT molecular complexity index is 662. The number of hydrogen-bond donors (Lipinski definition) is 2. The molecule has 0 aromatic heterocycles. The maximum atomic E-state index is 12.8. The van der Waals surface area contributed by atoms with Gasteiger partial charge in [0.05, 0.1) is 19.9 Å². The van der Waals surface area contributed by atoms with Gasteiger partial charge in [-0.05, 0) is 48.5 Å². The quantitative estimate of drug-likeness (QED) is 0.793. The number of hydrogen-bond acceptors (Lipinski definition) is 3. The first-order valence-electron chi connectivity index (χ1n) is 7.13. The number of halogens is 1. The molecule has 0 bridgehead atoms. The molecular formula is C17H19FN2O2S. The van der Waals surface area contributed by atoms with Gasteiger partial charge in [0, 0.05) is 12.6 Å². The number of thiocarbonyl (C=S) groups is 1. The third-order valence-electron chi connectivity index (χ3n) is 3.27. The van der Waals surface area contributed by atoms with Gasteiger partial charge in [0.15, 0.2) is 5.11 Å². The number of methoxy groups -OCH3 is 2. The Hall–Kier alpha value is -2.34. The minimum absolute atomic E-state index is 0.232. The average molecular weight is 334 g/mol. The van der Waals surface area contributed by atoms with E-state index in [2.05, 4.69) is 10.6 Å². The summed E-state index contributed by atoms with van der Waals surface area (Å²) in [6.45, 7) is 0.643. The molecule has 0 saturated heterocycles. The minimum atomic E-state index is -0.232. The van der Waals surface area contributed by atoms with E-state index < -0.39 is 0 Å². The van der Waals surface area contributed by atoms with Gasteiger partial charge in [-0.15, -0.1) is 0 Å². The lowest BCUT2D eigenvalue weighted by molar-refractivity contribution is 0.405. The summed E-state index contributed by atoms with van der Waals surface area (Å²) in [4.78, 5) is 0. The predicted octanol–water partition coefficient (Wildman–Crippen LogP) is 3.37. The summed E-state index contributed by atoms with van der Waals surface area (Å²) < 4.78 is 23.3. The molecule has 0 radical (unpaired) electrons. The molecule has 0 atom stereocenters. The zero-order chi connectivity index (χ0) is 16.7. The maximum absolute atomic E-state index is 12.8. The van der Waals surface area contributed by atoms with E-state index in [9.17, 15) is 4.39 Å². The van der Waals surface area contributed by atoms with Gasteiger partial charge in [-0.25, -0.2) is 4.39 Å². The van der Waals surface area contributed by atoms with Crippen molar-refractivity contribution in [3.05, 3.63) is 53.8 Å². The first-order valence-corrected chi connectivity index (χ1v) is 7.54. The van der Waals surface area contributed by atoms with Crippen molar-refractivity contribution >= 4 is 23.0 Å². The van der Waals surface area contributed by atoms with E-state index in [1.807, 2.05) is 18.2 Å². The predicted molar refractivity (Wildman–Crippen MR) is 93.9 cm³/mol. The number of ether oxygens (including phenoxy) is 2. The van der Waals surface area contributed by atoms with Gasteiger partial charge < -0.3 is 20.1 Å². The van der Waals surface area contributed by atoms with Crippen LogP contribution >= 0.6 is 12.2 Å². The summed E-state index contributed by atoms with van der Waals surface area (Å²) in [6, 6.07) is 11.9. The zero-order valence-corrected chi connectivity index (χ0v) is 13.9. The van der Waals surface area contributed by atoms with E-state index in [0.29, 0.717) is 23.2 Å². The van der Waals surface area contributed by atoms with Crippen LogP contribution in [0.4, 0.5) is 10.1 Å². The smallest absolute Gasteiger partial charge is 0.170 e. The van der Waals surface area contributed by atoms with Crippen LogP contribution < -0.4 is 20.1 Å². The summed E-state index contributed by atoms with van der Waals surface area (Å²) in [5.74, 6) is 1.15. The molecule has 6 heteroatoms. The Morgan fingerprint density at radius 3 is 2.48 bits per heavy atom. The maximum Gasteiger partial charge on any atom is 0.170 e. The Morgan fingerprint density at radius 1 is 1.09 bits per heavy atom. The van der Waals surface area contributed by atoms with Crippen molar-refractivity contribution in [2.24, 2.45) is 0 Å². The molecule has 4 nitrogen and oxygen atoms in total. The molecule has 0 saturated carbocycles. The van der Waals surface area contributed by atoms with Crippen LogP contribution in [0.25, 0.3) is 0 Å². The van der Waals surface area contributed by atoms with Crippen molar-refractivity contribution in [2.75, 3.05) is 26.1 Å². The van der Waals surface area contributed by atoms with Gasteiger partial charge in [0.25, 0.3) is 0 Å². The van der Waals surface area contributed by atoms with E-state index in [1.165, 1.54) is 12.1 Å². The number of benzene rings is 2. The molecule has 0 aliphatic heterocycles. The van der Waals surface area contributed by atoms with E-state index in [1.54, 1.807) is 26.4 Å². The molecule has 0 spiro atoms. The zero-order valence-electron chi connectivity index (χ0n) is 13.1. The SMILES string of the molecule is COc1ccc(OC)c(NC(=S)NCCc2ccc(F)cc2)c1. The van der Waals surface area contributed by atoms with Crippen molar-refractivity contribution in [3.8, 4) is 11.5 Å². The average Bonchev–Trinajstić information content (AvgIpc) is 2.56. The summed E-state index contributed by atoms with van der Waals surface area (Å²) in [7, 11) is 3.20. The fraction of sp³-hybridized carbons (Fsp3) is 0.235. The van der Waals surface area contributed by atoms with Crippen LogP contribution in [0.5, 0.6) is 11.5 Å². The van der Waals surface area contributed by atoms with Crippen LogP contribution in [0, 0.1) is 5.82 Å². The summed E-state index contributed by atoms with van der Waals surface area (Å²) in [6.07, 6.45) is 0.747. The standard InChI is InChI=1S/C17H19FN2O2S/c1-21-14-7-8-16(22-2)15(11-14)20-17(23)19-10-9-12-3-5-13(18)6-4-12/h3-8,11H,9-10H2,1-2H3,(H2,19,20,23). The van der Waals surface area contributed by atoms with Crippen molar-refractivity contribution < 1.29 is 13.9 Å². The number of rotatable bonds is 6. The van der Waals surface area contributed by atoms with Crippen LogP contribution in [0.15, 0.2) is 42.5 Å². The molecule has 0 heterocycles. The van der Waals surface area contributed by atoms with Gasteiger partial charge in [0.2, 0.25) is 0 Å². The summed E-state index contributed by atoms with van der Waals surface area (Å²) in [5, 5.41) is 6.68. The van der Waals surface area contributed by atoms with E-state index in [-0.39, 0.29) is 5.82 Å². The molecule has 0 amide bonds. The summed E-state index contributed by atoms with van der Waals surface area (Å²) in [5.41, 5.74) is 1.77. The first-order chi connectivity index (χ1) is 11.1. The van der Waals surface area contributed by atoms with E-state index in [4.69, 9.17) is 21.7 Å². The second-order valence-electron chi connectivity index (χ2n) is 4.82. The van der Waals surface area contributed by atoms with E-state index >= 15 is 0 Å². The lowest BCUT2D eigenvalue weighted by Gasteiger charge is -2.14. The molecule has 2 rings (SSSR count). The largest absolute Gasteiger partial charge is 0.497 e. The Morgan fingerprint density at radius 2 is 1.83 bits per heavy atom. The highest BCUT2D eigenvalue weighted by atomic mass is 32.1.